The Balaban J connectivity index is 1.87. The number of rotatable bonds is 10. The van der Waals surface area contributed by atoms with Crippen LogP contribution >= 0.6 is 0 Å². The van der Waals surface area contributed by atoms with Crippen molar-refractivity contribution >= 4 is 14.3 Å². The Morgan fingerprint density at radius 2 is 1.54 bits per heavy atom. The normalized spacial score (nSPS) is 28.3. The highest BCUT2D eigenvalue weighted by molar-refractivity contribution is 6.77. The molecule has 0 aliphatic heterocycles. The molecule has 3 aliphatic rings. The topological polar surface area (TPSA) is 35.5 Å². The molecule has 0 heterocycles. The van der Waals surface area contributed by atoms with E-state index in [4.69, 9.17) is 9.16 Å². The van der Waals surface area contributed by atoms with Crippen molar-refractivity contribution < 1.29 is 14.0 Å². The Morgan fingerprint density at radius 1 is 1.04 bits per heavy atom. The van der Waals surface area contributed by atoms with Gasteiger partial charge in [-0.15, -0.1) is 0 Å². The molecule has 150 valence electrons. The number of hydrogen-bond acceptors (Lipinski definition) is 3. The molecule has 0 aromatic rings. The van der Waals surface area contributed by atoms with E-state index in [0.717, 1.165) is 12.2 Å². The average Bonchev–Trinajstić information content (AvgIpc) is 2.46. The molecule has 0 unspecified atom stereocenters. The molecular formula is C22H40O3Si. The van der Waals surface area contributed by atoms with Crippen LogP contribution in [0, 0.1) is 10.8 Å². The zero-order valence-corrected chi connectivity index (χ0v) is 19.3. The first-order chi connectivity index (χ1) is 12.0. The average molecular weight is 381 g/mol. The second kappa shape index (κ2) is 7.79. The summed E-state index contributed by atoms with van der Waals surface area (Å²) >= 11 is 0. The molecule has 0 aromatic heterocycles. The molecule has 3 nitrogen and oxygen atoms in total. The third-order valence-corrected chi connectivity index (χ3v) is 13.1. The maximum atomic E-state index is 11.8. The molecule has 2 bridgehead atoms. The monoisotopic (exact) mass is 380 g/mol. The quantitative estimate of drug-likeness (QED) is 0.255. The van der Waals surface area contributed by atoms with Gasteiger partial charge in [0.25, 0.3) is 0 Å². The molecule has 26 heavy (non-hydrogen) atoms. The van der Waals surface area contributed by atoms with Crippen LogP contribution in [0.1, 0.15) is 81.1 Å². The van der Waals surface area contributed by atoms with Crippen molar-refractivity contribution in [2.75, 3.05) is 13.2 Å². The second-order valence-corrected chi connectivity index (χ2v) is 15.3. The first-order valence-electron chi connectivity index (χ1n) is 10.5. The van der Waals surface area contributed by atoms with Crippen LogP contribution in [0.2, 0.25) is 16.6 Å². The summed E-state index contributed by atoms with van der Waals surface area (Å²) in [6, 6.07) is 0. The van der Waals surface area contributed by atoms with Gasteiger partial charge in [-0.2, -0.15) is 0 Å². The molecule has 0 spiro atoms. The predicted octanol–water partition coefficient (Wildman–Crippen LogP) is 6.25. The van der Waals surface area contributed by atoms with Gasteiger partial charge in [-0.3, -0.25) is 0 Å². The lowest BCUT2D eigenvalue weighted by Gasteiger charge is -2.70. The first kappa shape index (κ1) is 21.7. The van der Waals surface area contributed by atoms with Crippen molar-refractivity contribution in [1.82, 2.24) is 0 Å². The number of carbonyl (C=O) groups excluding carboxylic acids is 1. The Morgan fingerprint density at radius 3 is 1.96 bits per heavy atom. The summed E-state index contributed by atoms with van der Waals surface area (Å²) in [5.74, 6) is -0.156. The number of allylic oxidation sites excluding steroid dienone is 1. The summed E-state index contributed by atoms with van der Waals surface area (Å²) in [4.78, 5) is 11.8. The van der Waals surface area contributed by atoms with E-state index in [-0.39, 0.29) is 11.4 Å². The standard InChI is InChI=1S/C22H40O3Si/c1-9-24-20(23)19(8)12-22-13-21(14-22,15-22)10-11-25-26(16(2)3,17(4)5)18(6)7/h12,16-18H,9-11,13-15H2,1-8H3/b19-12+. The number of esters is 1. The van der Waals surface area contributed by atoms with Crippen molar-refractivity contribution in [2.24, 2.45) is 10.8 Å². The number of carbonyl (C=O) groups is 1. The minimum atomic E-state index is -1.74. The zero-order valence-electron chi connectivity index (χ0n) is 18.3. The van der Waals surface area contributed by atoms with Crippen molar-refractivity contribution in [1.29, 1.82) is 0 Å². The van der Waals surface area contributed by atoms with Crippen molar-refractivity contribution in [3.63, 3.8) is 0 Å². The Bertz CT molecular complexity index is 506. The molecule has 0 amide bonds. The van der Waals surface area contributed by atoms with Crippen LogP contribution in [-0.2, 0) is 14.0 Å². The largest absolute Gasteiger partial charge is 0.463 e. The molecule has 3 saturated carbocycles. The highest BCUT2D eigenvalue weighted by atomic mass is 28.4. The SMILES string of the molecule is CCOC(=O)/C(C)=C/C12CC(CCO[Si](C(C)C)(C(C)C)C(C)C)(C1)C2. The van der Waals surface area contributed by atoms with Crippen LogP contribution in [0.15, 0.2) is 11.6 Å². The molecule has 0 aromatic carbocycles. The van der Waals surface area contributed by atoms with Gasteiger partial charge < -0.3 is 9.16 Å². The van der Waals surface area contributed by atoms with Crippen molar-refractivity contribution in [3.8, 4) is 0 Å². The van der Waals surface area contributed by atoms with E-state index >= 15 is 0 Å². The summed E-state index contributed by atoms with van der Waals surface area (Å²) in [7, 11) is -1.74. The van der Waals surface area contributed by atoms with E-state index in [2.05, 4.69) is 47.6 Å². The Kier molecular flexibility index (Phi) is 6.49. The summed E-state index contributed by atoms with van der Waals surface area (Å²) in [5.41, 5.74) is 3.49. The molecule has 3 aliphatic carbocycles. The molecule has 0 atom stereocenters. The van der Waals surface area contributed by atoms with Crippen LogP contribution in [-0.4, -0.2) is 27.5 Å². The summed E-state index contributed by atoms with van der Waals surface area (Å²) in [6.07, 6.45) is 7.03. The molecule has 0 saturated heterocycles. The van der Waals surface area contributed by atoms with Crippen LogP contribution in [0.25, 0.3) is 0 Å². The minimum Gasteiger partial charge on any atom is -0.463 e. The molecular weight excluding hydrogens is 340 g/mol. The van der Waals surface area contributed by atoms with Gasteiger partial charge in [0.05, 0.1) is 6.61 Å². The lowest BCUT2D eigenvalue weighted by atomic mass is 9.34. The second-order valence-electron chi connectivity index (χ2n) is 9.86. The maximum Gasteiger partial charge on any atom is 0.333 e. The van der Waals surface area contributed by atoms with E-state index in [1.807, 2.05) is 13.8 Å². The van der Waals surface area contributed by atoms with Gasteiger partial charge in [0.2, 0.25) is 0 Å². The lowest BCUT2D eigenvalue weighted by molar-refractivity contribution is -0.178. The fourth-order valence-electron chi connectivity index (χ4n) is 6.21. The lowest BCUT2D eigenvalue weighted by Crippen LogP contribution is -2.61. The van der Waals surface area contributed by atoms with Crippen LogP contribution in [0.4, 0.5) is 0 Å². The van der Waals surface area contributed by atoms with E-state index in [9.17, 15) is 4.79 Å². The van der Waals surface area contributed by atoms with Crippen molar-refractivity contribution in [3.05, 3.63) is 11.6 Å². The minimum absolute atomic E-state index is 0.156. The number of ether oxygens (including phenoxy) is 1. The number of hydrogen-bond donors (Lipinski definition) is 0. The third-order valence-electron chi connectivity index (χ3n) is 6.99. The smallest absolute Gasteiger partial charge is 0.333 e. The van der Waals surface area contributed by atoms with Gasteiger partial charge in [0.1, 0.15) is 0 Å². The fourth-order valence-corrected chi connectivity index (χ4v) is 11.7. The van der Waals surface area contributed by atoms with Crippen molar-refractivity contribution in [2.45, 2.75) is 97.7 Å². The van der Waals surface area contributed by atoms with E-state index in [1.165, 1.54) is 25.7 Å². The van der Waals surface area contributed by atoms with Gasteiger partial charge >= 0.3 is 5.97 Å². The summed E-state index contributed by atoms with van der Waals surface area (Å²) in [5, 5.41) is 0. The van der Waals surface area contributed by atoms with Crippen LogP contribution < -0.4 is 0 Å². The van der Waals surface area contributed by atoms with Crippen LogP contribution in [0.5, 0.6) is 0 Å². The predicted molar refractivity (Wildman–Crippen MR) is 111 cm³/mol. The van der Waals surface area contributed by atoms with Gasteiger partial charge in [-0.05, 0) is 67.0 Å². The Labute approximate surface area is 162 Å². The van der Waals surface area contributed by atoms with Gasteiger partial charge in [-0.25, -0.2) is 4.79 Å². The third kappa shape index (κ3) is 3.82. The highest BCUT2D eigenvalue weighted by Crippen LogP contribution is 2.75. The Hall–Kier alpha value is -0.613. The molecule has 0 N–H and O–H groups in total. The fraction of sp³-hybridized carbons (Fsp3) is 0.864. The van der Waals surface area contributed by atoms with Gasteiger partial charge in [0.15, 0.2) is 8.32 Å². The van der Waals surface area contributed by atoms with E-state index in [1.54, 1.807) is 0 Å². The van der Waals surface area contributed by atoms with Crippen LogP contribution in [0.3, 0.4) is 0 Å². The molecule has 0 radical (unpaired) electrons. The molecule has 3 rings (SSSR count). The maximum absolute atomic E-state index is 11.8. The summed E-state index contributed by atoms with van der Waals surface area (Å²) in [6.45, 7) is 19.2. The van der Waals surface area contributed by atoms with Gasteiger partial charge in [-0.1, -0.05) is 47.6 Å². The molecule has 4 heteroatoms. The first-order valence-corrected chi connectivity index (χ1v) is 12.7. The van der Waals surface area contributed by atoms with E-state index < -0.39 is 8.32 Å². The van der Waals surface area contributed by atoms with Gasteiger partial charge in [0, 0.05) is 12.2 Å². The molecule has 3 fully saturated rings. The highest BCUT2D eigenvalue weighted by Gasteiger charge is 2.66. The zero-order chi connectivity index (χ0) is 19.8. The summed E-state index contributed by atoms with van der Waals surface area (Å²) < 4.78 is 11.9. The van der Waals surface area contributed by atoms with E-state index in [0.29, 0.717) is 28.6 Å².